The predicted octanol–water partition coefficient (Wildman–Crippen LogP) is 0.658. The fraction of sp³-hybridized carbons (Fsp3) is 0.833. The van der Waals surface area contributed by atoms with Gasteiger partial charge < -0.3 is 10.4 Å². The van der Waals surface area contributed by atoms with Crippen molar-refractivity contribution in [2.75, 3.05) is 19.1 Å². The van der Waals surface area contributed by atoms with Gasteiger partial charge in [-0.2, -0.15) is 11.8 Å². The maximum atomic E-state index is 10.2. The summed E-state index contributed by atoms with van der Waals surface area (Å²) >= 11 is 1.52. The SMILES string of the molecule is CN[C@@H](CSC)C(=O)O.[2H]C. The molecular formula is C6H15NO2S. The molecule has 0 radical (unpaired) electrons. The van der Waals surface area contributed by atoms with E-state index < -0.39 is 12.0 Å². The largest absolute Gasteiger partial charge is 0.480 e. The van der Waals surface area contributed by atoms with Crippen molar-refractivity contribution in [3.63, 3.8) is 0 Å². The van der Waals surface area contributed by atoms with Gasteiger partial charge >= 0.3 is 5.97 Å². The lowest BCUT2D eigenvalue weighted by atomic mass is 10.3. The summed E-state index contributed by atoms with van der Waals surface area (Å²) in [7, 11) is 2.90. The molecule has 2 N–H and O–H groups in total. The third-order valence-corrected chi connectivity index (χ3v) is 1.65. The predicted molar refractivity (Wildman–Crippen MR) is 45.6 cm³/mol. The molecule has 0 unspecified atom stereocenters. The van der Waals surface area contributed by atoms with Gasteiger partial charge in [0, 0.05) is 7.12 Å². The fourth-order valence-electron chi connectivity index (χ4n) is 0.445. The number of aliphatic carboxylic acids is 1. The van der Waals surface area contributed by atoms with Gasteiger partial charge in [-0.05, 0) is 13.3 Å². The van der Waals surface area contributed by atoms with E-state index in [2.05, 4.69) is 5.32 Å². The van der Waals surface area contributed by atoms with Crippen molar-refractivity contribution in [1.29, 1.82) is 0 Å². The highest BCUT2D eigenvalue weighted by Crippen LogP contribution is 1.95. The fourth-order valence-corrected chi connectivity index (χ4v) is 1.09. The Balaban J connectivity index is 0. The summed E-state index contributed by atoms with van der Waals surface area (Å²) in [5.74, 6) is -0.168. The summed E-state index contributed by atoms with van der Waals surface area (Å²) in [6, 6.07) is -0.403. The molecular weight excluding hydrogens is 150 g/mol. The highest BCUT2D eigenvalue weighted by Gasteiger charge is 2.12. The van der Waals surface area contributed by atoms with E-state index in [4.69, 9.17) is 6.48 Å². The second kappa shape index (κ2) is 6.89. The molecule has 0 amide bonds. The minimum absolute atomic E-state index is 0.403. The quantitative estimate of drug-likeness (QED) is 0.644. The summed E-state index contributed by atoms with van der Waals surface area (Å²) in [6.45, 7) is 0. The average Bonchev–Trinajstić information content (AvgIpc) is 2.03. The molecule has 0 aromatic rings. The standard InChI is InChI=1S/C5H11NO2S.CH4/c1-6-4(3-9-2)5(7)8;/h4,6H,3H2,1-2H3,(H,7,8);1H4/t4-;/m0./s1/i;1D. The second-order valence-electron chi connectivity index (χ2n) is 1.63. The normalized spacial score (nSPS) is 12.5. The molecule has 62 valence electrons. The summed E-state index contributed by atoms with van der Waals surface area (Å²) < 4.78 is 5.75. The first kappa shape index (κ1) is 9.78. The number of hydrogen-bond donors (Lipinski definition) is 2. The van der Waals surface area contributed by atoms with Crippen LogP contribution < -0.4 is 5.32 Å². The van der Waals surface area contributed by atoms with Crippen LogP contribution in [0.3, 0.4) is 0 Å². The van der Waals surface area contributed by atoms with Gasteiger partial charge in [-0.15, -0.1) is 0 Å². The number of thioether (sulfide) groups is 1. The van der Waals surface area contributed by atoms with Gasteiger partial charge in [-0.3, -0.25) is 4.79 Å². The minimum atomic E-state index is -0.785. The van der Waals surface area contributed by atoms with Crippen molar-refractivity contribution in [1.82, 2.24) is 5.32 Å². The monoisotopic (exact) mass is 166 g/mol. The lowest BCUT2D eigenvalue weighted by molar-refractivity contribution is -0.138. The van der Waals surface area contributed by atoms with E-state index in [0.29, 0.717) is 5.75 Å². The molecule has 0 saturated heterocycles. The van der Waals surface area contributed by atoms with Crippen LogP contribution in [0.4, 0.5) is 0 Å². The molecule has 1 atom stereocenters. The Morgan fingerprint density at radius 2 is 2.50 bits per heavy atom. The number of hydrogen-bond acceptors (Lipinski definition) is 3. The number of carboxylic acids is 1. The lowest BCUT2D eigenvalue weighted by Gasteiger charge is -2.07. The van der Waals surface area contributed by atoms with E-state index in [-0.39, 0.29) is 0 Å². The second-order valence-corrected chi connectivity index (χ2v) is 2.55. The molecule has 0 rings (SSSR count). The first-order chi connectivity index (χ1) is 5.22. The Hall–Kier alpha value is -0.220. The van der Waals surface area contributed by atoms with E-state index in [9.17, 15) is 4.79 Å². The molecule has 0 aromatic heterocycles. The van der Waals surface area contributed by atoms with Crippen LogP contribution >= 0.6 is 11.8 Å². The highest BCUT2D eigenvalue weighted by molar-refractivity contribution is 7.98. The maximum Gasteiger partial charge on any atom is 0.321 e. The Kier molecular flexibility index (Phi) is 6.74. The Morgan fingerprint density at radius 1 is 2.00 bits per heavy atom. The summed E-state index contributed by atoms with van der Waals surface area (Å²) in [5, 5.41) is 11.1. The van der Waals surface area contributed by atoms with Crippen LogP contribution in [0.5, 0.6) is 0 Å². The first-order valence-corrected chi connectivity index (χ1v) is 4.00. The van der Waals surface area contributed by atoms with Gasteiger partial charge in [0.15, 0.2) is 0 Å². The van der Waals surface area contributed by atoms with Gasteiger partial charge in [0.05, 0.1) is 0 Å². The zero-order valence-corrected chi connectivity index (χ0v) is 7.36. The molecule has 3 nitrogen and oxygen atoms in total. The number of carboxylic acid groups (broad SMARTS) is 1. The van der Waals surface area contributed by atoms with Crippen LogP contribution in [0.2, 0.25) is 0 Å². The van der Waals surface area contributed by atoms with Crippen LogP contribution in [0.1, 0.15) is 8.77 Å². The van der Waals surface area contributed by atoms with Crippen molar-refractivity contribution in [3.8, 4) is 0 Å². The van der Waals surface area contributed by atoms with E-state index in [1.807, 2.05) is 6.26 Å². The van der Waals surface area contributed by atoms with Gasteiger partial charge in [-0.1, -0.05) is 7.40 Å². The molecule has 0 aliphatic carbocycles. The third-order valence-electron chi connectivity index (χ3n) is 0.980. The van der Waals surface area contributed by atoms with Gasteiger partial charge in [-0.25, -0.2) is 0 Å². The lowest BCUT2D eigenvalue weighted by Crippen LogP contribution is -2.35. The van der Waals surface area contributed by atoms with E-state index in [0.717, 1.165) is 0 Å². The summed E-state index contributed by atoms with van der Waals surface area (Å²) in [6.07, 6.45) is 1.88. The molecule has 0 aliphatic rings. The molecule has 0 aliphatic heterocycles. The van der Waals surface area contributed by atoms with E-state index >= 15 is 0 Å². The van der Waals surface area contributed by atoms with Crippen molar-refractivity contribution in [2.45, 2.75) is 13.4 Å². The van der Waals surface area contributed by atoms with Crippen LogP contribution in [0.15, 0.2) is 0 Å². The zero-order valence-electron chi connectivity index (χ0n) is 7.55. The molecule has 0 spiro atoms. The zero-order chi connectivity index (χ0) is 9.28. The molecule has 0 fully saturated rings. The Morgan fingerprint density at radius 3 is 2.60 bits per heavy atom. The number of nitrogens with one attached hydrogen (secondary N) is 1. The molecule has 4 heteroatoms. The Bertz CT molecular complexity index is 103. The number of rotatable bonds is 4. The minimum Gasteiger partial charge on any atom is -0.480 e. The van der Waals surface area contributed by atoms with Crippen molar-refractivity contribution < 1.29 is 11.3 Å². The summed E-state index contributed by atoms with van der Waals surface area (Å²) in [4.78, 5) is 10.2. The van der Waals surface area contributed by atoms with Crippen LogP contribution in [0, 0.1) is 0 Å². The average molecular weight is 166 g/mol. The number of likely N-dealkylation sites (N-methyl/N-ethyl adjacent to an activating group) is 1. The van der Waals surface area contributed by atoms with E-state index in [1.165, 1.54) is 19.2 Å². The van der Waals surface area contributed by atoms with Gasteiger partial charge in [0.1, 0.15) is 6.04 Å². The summed E-state index contributed by atoms with van der Waals surface area (Å²) in [5.41, 5.74) is 0. The third kappa shape index (κ3) is 4.64. The molecule has 0 heterocycles. The molecule has 0 aromatic carbocycles. The van der Waals surface area contributed by atoms with Gasteiger partial charge in [0.2, 0.25) is 0 Å². The molecule has 0 saturated carbocycles. The molecule has 0 bridgehead atoms. The Labute approximate surface area is 67.6 Å². The van der Waals surface area contributed by atoms with Gasteiger partial charge in [0.25, 0.3) is 0 Å². The van der Waals surface area contributed by atoms with Crippen molar-refractivity contribution in [2.24, 2.45) is 0 Å². The topological polar surface area (TPSA) is 49.3 Å². The van der Waals surface area contributed by atoms with Crippen LogP contribution in [0.25, 0.3) is 0 Å². The molecule has 10 heavy (non-hydrogen) atoms. The highest BCUT2D eigenvalue weighted by atomic mass is 32.2. The van der Waals surface area contributed by atoms with Crippen LogP contribution in [-0.2, 0) is 4.79 Å². The number of carbonyl (C=O) groups is 1. The van der Waals surface area contributed by atoms with Crippen molar-refractivity contribution >= 4 is 17.7 Å². The van der Waals surface area contributed by atoms with Crippen LogP contribution in [-0.4, -0.2) is 36.2 Å². The maximum absolute atomic E-state index is 10.2. The first-order valence-electron chi connectivity index (χ1n) is 3.61. The van der Waals surface area contributed by atoms with E-state index in [1.54, 1.807) is 7.05 Å². The van der Waals surface area contributed by atoms with Crippen molar-refractivity contribution in [3.05, 3.63) is 0 Å². The smallest absolute Gasteiger partial charge is 0.321 e.